The zero-order chi connectivity index (χ0) is 36.8. The number of carbonyl (C=O) groups excluding carboxylic acids is 4. The van der Waals surface area contributed by atoms with E-state index in [4.69, 9.17) is 0 Å². The lowest BCUT2D eigenvalue weighted by molar-refractivity contribution is -0.125. The van der Waals surface area contributed by atoms with Crippen LogP contribution in [-0.2, 0) is 19.2 Å². The van der Waals surface area contributed by atoms with Crippen molar-refractivity contribution in [2.75, 3.05) is 46.8 Å². The summed E-state index contributed by atoms with van der Waals surface area (Å²) in [6.07, 6.45) is 8.58. The van der Waals surface area contributed by atoms with Crippen LogP contribution in [0, 0.1) is 11.8 Å². The van der Waals surface area contributed by atoms with Gasteiger partial charge in [-0.25, -0.2) is 0 Å². The summed E-state index contributed by atoms with van der Waals surface area (Å²) in [6, 6.07) is 19.8. The van der Waals surface area contributed by atoms with Crippen LogP contribution in [0.15, 0.2) is 60.7 Å². The normalized spacial score (nSPS) is 23.0. The third-order valence-electron chi connectivity index (χ3n) is 12.6. The van der Waals surface area contributed by atoms with Gasteiger partial charge < -0.3 is 19.6 Å². The standard InChI is InChI=1S/C44H54N4O4/c1-7-11-17-27(9-3)25-47-33-21-15-13-19-29(33)37(43(47)51)39-31-23-36-32(24-35(31)45(5)41(39)49)40(42(50)46(36)6)38-30-20-14-16-22-34(30)48(44(38)52)26-28(10-4)18-12-8-2/h13-16,19-24,27-28,37-40H,7-12,17-18,25-26H2,1-6H3. The first-order chi connectivity index (χ1) is 25.2. The maximum atomic E-state index is 14.5. The Kier molecular flexibility index (Phi) is 10.0. The lowest BCUT2D eigenvalue weighted by Gasteiger charge is -2.25. The summed E-state index contributed by atoms with van der Waals surface area (Å²) >= 11 is 0. The van der Waals surface area contributed by atoms with E-state index < -0.39 is 23.7 Å². The molecule has 274 valence electrons. The van der Waals surface area contributed by atoms with Crippen molar-refractivity contribution in [1.82, 2.24) is 0 Å². The van der Waals surface area contributed by atoms with Crippen molar-refractivity contribution in [3.8, 4) is 0 Å². The van der Waals surface area contributed by atoms with E-state index >= 15 is 0 Å². The molecule has 52 heavy (non-hydrogen) atoms. The Bertz CT molecular complexity index is 1750. The van der Waals surface area contributed by atoms with Crippen molar-refractivity contribution < 1.29 is 19.2 Å². The van der Waals surface area contributed by atoms with Crippen LogP contribution >= 0.6 is 0 Å². The predicted octanol–water partition coefficient (Wildman–Crippen LogP) is 8.50. The number of anilines is 4. The molecule has 0 aromatic heterocycles. The molecule has 8 heteroatoms. The number of hydrogen-bond acceptors (Lipinski definition) is 4. The highest BCUT2D eigenvalue weighted by Gasteiger charge is 2.54. The van der Waals surface area contributed by atoms with E-state index in [2.05, 4.69) is 27.7 Å². The van der Waals surface area contributed by atoms with Crippen molar-refractivity contribution in [2.45, 2.75) is 103 Å². The van der Waals surface area contributed by atoms with Gasteiger partial charge in [-0.15, -0.1) is 0 Å². The lowest BCUT2D eigenvalue weighted by atomic mass is 9.80. The monoisotopic (exact) mass is 702 g/mol. The Labute approximate surface area is 309 Å². The van der Waals surface area contributed by atoms with Crippen LogP contribution in [0.2, 0.25) is 0 Å². The number of unbranched alkanes of at least 4 members (excludes halogenated alkanes) is 2. The number of nitrogens with zero attached hydrogens (tertiary/aromatic N) is 4. The Morgan fingerprint density at radius 1 is 0.500 bits per heavy atom. The molecule has 0 spiro atoms. The average Bonchev–Trinajstić information content (AvgIpc) is 3.77. The average molecular weight is 703 g/mol. The second-order valence-corrected chi connectivity index (χ2v) is 15.5. The number of hydrogen-bond donors (Lipinski definition) is 0. The van der Waals surface area contributed by atoms with Gasteiger partial charge in [-0.2, -0.15) is 0 Å². The molecular formula is C44H54N4O4. The Balaban J connectivity index is 1.25. The molecule has 0 aliphatic carbocycles. The van der Waals surface area contributed by atoms with Crippen LogP contribution in [0.5, 0.6) is 0 Å². The second kappa shape index (κ2) is 14.5. The number of para-hydroxylation sites is 2. The van der Waals surface area contributed by atoms with E-state index in [0.29, 0.717) is 36.3 Å². The van der Waals surface area contributed by atoms with E-state index in [-0.39, 0.29) is 23.6 Å². The highest BCUT2D eigenvalue weighted by Crippen LogP contribution is 2.56. The largest absolute Gasteiger partial charge is 0.315 e. The highest BCUT2D eigenvalue weighted by atomic mass is 16.2. The number of rotatable bonds is 14. The number of amides is 4. The number of carbonyl (C=O) groups is 4. The molecule has 6 atom stereocenters. The van der Waals surface area contributed by atoms with Crippen LogP contribution < -0.4 is 19.6 Å². The van der Waals surface area contributed by atoms with Crippen molar-refractivity contribution in [3.63, 3.8) is 0 Å². The summed E-state index contributed by atoms with van der Waals surface area (Å²) in [5.74, 6) is -2.26. The van der Waals surface area contributed by atoms with Crippen molar-refractivity contribution >= 4 is 46.4 Å². The minimum absolute atomic E-state index is 0.0314. The van der Waals surface area contributed by atoms with Gasteiger partial charge in [-0.1, -0.05) is 103 Å². The molecule has 0 N–H and O–H groups in total. The third kappa shape index (κ3) is 5.73. The summed E-state index contributed by atoms with van der Waals surface area (Å²) in [7, 11) is 3.53. The van der Waals surface area contributed by atoms with E-state index in [9.17, 15) is 19.2 Å². The first-order valence-corrected chi connectivity index (χ1v) is 19.7. The van der Waals surface area contributed by atoms with Gasteiger partial charge in [0.05, 0.1) is 23.7 Å². The zero-order valence-corrected chi connectivity index (χ0v) is 31.7. The van der Waals surface area contributed by atoms with Gasteiger partial charge in [0.25, 0.3) is 0 Å². The SMILES string of the molecule is CCCCC(CC)CN1C(=O)C(C2C(=O)N(C)c3cc4c(cc32)N(C)C(=O)C4C2C(=O)N(CC(CC)CCCC)c3ccccc32)c2ccccc21. The summed E-state index contributed by atoms with van der Waals surface area (Å²) in [5.41, 5.74) is 6.51. The molecule has 7 rings (SSSR count). The van der Waals surface area contributed by atoms with Crippen molar-refractivity contribution in [2.24, 2.45) is 11.8 Å². The van der Waals surface area contributed by atoms with Gasteiger partial charge in [-0.3, -0.25) is 19.2 Å². The summed E-state index contributed by atoms with van der Waals surface area (Å²) in [6.45, 7) is 10.0. The van der Waals surface area contributed by atoms with Crippen LogP contribution in [0.1, 0.15) is 125 Å². The first kappa shape index (κ1) is 35.9. The number of likely N-dealkylation sites (N-methyl/N-ethyl adjacent to an activating group) is 2. The maximum Gasteiger partial charge on any atom is 0.235 e. The molecule has 4 aliphatic rings. The molecule has 8 nitrogen and oxygen atoms in total. The summed E-state index contributed by atoms with van der Waals surface area (Å²) < 4.78 is 0. The van der Waals surface area contributed by atoms with Gasteiger partial charge in [-0.05, 0) is 71.2 Å². The molecule has 6 unspecified atom stereocenters. The molecule has 0 bridgehead atoms. The predicted molar refractivity (Wildman–Crippen MR) is 208 cm³/mol. The maximum absolute atomic E-state index is 14.5. The molecule has 4 amide bonds. The fraction of sp³-hybridized carbons (Fsp3) is 0.500. The summed E-state index contributed by atoms with van der Waals surface area (Å²) in [4.78, 5) is 64.8. The Morgan fingerprint density at radius 3 is 1.23 bits per heavy atom. The van der Waals surface area contributed by atoms with E-state index in [0.717, 1.165) is 85.0 Å². The third-order valence-corrected chi connectivity index (χ3v) is 12.6. The number of fused-ring (bicyclic) bond motifs is 4. The first-order valence-electron chi connectivity index (χ1n) is 19.7. The topological polar surface area (TPSA) is 81.2 Å². The van der Waals surface area contributed by atoms with Gasteiger partial charge in [0, 0.05) is 49.9 Å². The van der Waals surface area contributed by atoms with Gasteiger partial charge >= 0.3 is 0 Å². The molecule has 0 fully saturated rings. The fourth-order valence-electron chi connectivity index (χ4n) is 9.46. The molecule has 3 aromatic carbocycles. The quantitative estimate of drug-likeness (QED) is 0.169. The summed E-state index contributed by atoms with van der Waals surface area (Å²) in [5, 5.41) is 0. The molecule has 0 saturated heterocycles. The smallest absolute Gasteiger partial charge is 0.235 e. The minimum Gasteiger partial charge on any atom is -0.315 e. The fourth-order valence-corrected chi connectivity index (χ4v) is 9.46. The van der Waals surface area contributed by atoms with Crippen LogP contribution in [0.25, 0.3) is 0 Å². The molecule has 4 aliphatic heterocycles. The van der Waals surface area contributed by atoms with E-state index in [1.54, 1.807) is 23.9 Å². The molecular weight excluding hydrogens is 649 g/mol. The van der Waals surface area contributed by atoms with Crippen LogP contribution in [0.3, 0.4) is 0 Å². The Hall–Kier alpha value is -4.46. The number of benzene rings is 3. The van der Waals surface area contributed by atoms with E-state index in [1.807, 2.05) is 70.5 Å². The van der Waals surface area contributed by atoms with Crippen LogP contribution in [0.4, 0.5) is 22.7 Å². The zero-order valence-electron chi connectivity index (χ0n) is 31.7. The van der Waals surface area contributed by atoms with Gasteiger partial charge in [0.2, 0.25) is 23.6 Å². The minimum atomic E-state index is -0.708. The van der Waals surface area contributed by atoms with Crippen molar-refractivity contribution in [1.29, 1.82) is 0 Å². The second-order valence-electron chi connectivity index (χ2n) is 15.5. The Morgan fingerprint density at radius 2 is 0.865 bits per heavy atom. The lowest BCUT2D eigenvalue weighted by Crippen LogP contribution is -2.37. The molecule has 0 radical (unpaired) electrons. The highest BCUT2D eigenvalue weighted by molar-refractivity contribution is 6.17. The van der Waals surface area contributed by atoms with Gasteiger partial charge in [0.15, 0.2) is 0 Å². The molecule has 4 heterocycles. The molecule has 0 saturated carbocycles. The van der Waals surface area contributed by atoms with Gasteiger partial charge in [0.1, 0.15) is 0 Å². The van der Waals surface area contributed by atoms with E-state index in [1.165, 1.54) is 0 Å². The van der Waals surface area contributed by atoms with Crippen molar-refractivity contribution in [3.05, 3.63) is 82.9 Å². The van der Waals surface area contributed by atoms with Crippen LogP contribution in [-0.4, -0.2) is 50.8 Å². The molecule has 3 aromatic rings.